The van der Waals surface area contributed by atoms with Crippen LogP contribution in [0.5, 0.6) is 17.6 Å². The van der Waals surface area contributed by atoms with Gasteiger partial charge >= 0.3 is 18.5 Å². The first kappa shape index (κ1) is 20.4. The van der Waals surface area contributed by atoms with Gasteiger partial charge in [-0.25, -0.2) is 14.5 Å². The van der Waals surface area contributed by atoms with Crippen LogP contribution in [-0.4, -0.2) is 39.0 Å². The summed E-state index contributed by atoms with van der Waals surface area (Å²) in [5, 5.41) is 11.5. The van der Waals surface area contributed by atoms with Crippen LogP contribution in [0.3, 0.4) is 0 Å². The van der Waals surface area contributed by atoms with Crippen LogP contribution in [0, 0.1) is 16.0 Å². The van der Waals surface area contributed by atoms with Crippen molar-refractivity contribution in [2.45, 2.75) is 12.5 Å². The molecule has 0 saturated carbocycles. The van der Waals surface area contributed by atoms with Crippen molar-refractivity contribution in [3.8, 4) is 28.8 Å². The third kappa shape index (κ3) is 4.68. The van der Waals surface area contributed by atoms with Crippen LogP contribution >= 0.6 is 0 Å². The second kappa shape index (κ2) is 8.13. The Kier molecular flexibility index (Phi) is 5.36. The molecule has 12 heteroatoms. The predicted octanol–water partition coefficient (Wildman–Crippen LogP) is 3.71. The summed E-state index contributed by atoms with van der Waals surface area (Å²) < 4.78 is 53.0. The summed E-state index contributed by atoms with van der Waals surface area (Å²) in [6, 6.07) is 8.80. The van der Waals surface area contributed by atoms with Crippen molar-refractivity contribution >= 4 is 0 Å². The van der Waals surface area contributed by atoms with Crippen molar-refractivity contribution in [3.63, 3.8) is 0 Å². The standard InChI is InChI=1S/C19H15F3N4O5/c20-19(21,22)31-15-4-1-12(2-5-15)13-3-6-16(24-9-13)29-10-14-11-30-18-23-7-8-25(18)17(14)26(27)28/h1-9,14,17H,10-11H2. The highest BCUT2D eigenvalue weighted by molar-refractivity contribution is 5.63. The molecule has 2 atom stereocenters. The highest BCUT2D eigenvalue weighted by Gasteiger charge is 2.40. The molecule has 0 amide bonds. The molecule has 0 N–H and O–H groups in total. The minimum absolute atomic E-state index is 0.000901. The second-order valence-electron chi connectivity index (χ2n) is 6.66. The van der Waals surface area contributed by atoms with Gasteiger partial charge in [0.25, 0.3) is 0 Å². The zero-order valence-electron chi connectivity index (χ0n) is 15.7. The molecule has 1 aliphatic heterocycles. The van der Waals surface area contributed by atoms with Gasteiger partial charge in [0.05, 0.1) is 0 Å². The van der Waals surface area contributed by atoms with E-state index in [0.29, 0.717) is 11.1 Å². The third-order valence-corrected chi connectivity index (χ3v) is 4.59. The molecule has 0 bridgehead atoms. The molecule has 3 aromatic rings. The van der Waals surface area contributed by atoms with Gasteiger partial charge in [-0.15, -0.1) is 13.2 Å². The number of pyridine rings is 1. The Bertz CT molecular complexity index is 1050. The number of nitrogens with zero attached hydrogens (tertiary/aromatic N) is 4. The number of hydrogen-bond donors (Lipinski definition) is 0. The molecule has 4 rings (SSSR count). The van der Waals surface area contributed by atoms with E-state index >= 15 is 0 Å². The van der Waals surface area contributed by atoms with Gasteiger partial charge in [0.2, 0.25) is 5.88 Å². The Morgan fingerprint density at radius 3 is 2.55 bits per heavy atom. The molecule has 1 aromatic carbocycles. The van der Waals surface area contributed by atoms with Gasteiger partial charge in [-0.2, -0.15) is 0 Å². The van der Waals surface area contributed by atoms with Gasteiger partial charge < -0.3 is 14.2 Å². The zero-order valence-corrected chi connectivity index (χ0v) is 15.7. The highest BCUT2D eigenvalue weighted by atomic mass is 19.4. The average molecular weight is 436 g/mol. The van der Waals surface area contributed by atoms with Crippen LogP contribution in [0.25, 0.3) is 11.1 Å². The molecule has 9 nitrogen and oxygen atoms in total. The fourth-order valence-electron chi connectivity index (χ4n) is 3.19. The molecule has 162 valence electrons. The zero-order chi connectivity index (χ0) is 22.0. The minimum atomic E-state index is -4.75. The first-order valence-corrected chi connectivity index (χ1v) is 9.04. The van der Waals surface area contributed by atoms with Gasteiger partial charge in [0, 0.05) is 35.1 Å². The number of rotatable bonds is 6. The number of ether oxygens (including phenoxy) is 3. The Hall–Kier alpha value is -3.83. The van der Waals surface area contributed by atoms with Crippen molar-refractivity contribution in [1.29, 1.82) is 0 Å². The van der Waals surface area contributed by atoms with E-state index in [1.807, 2.05) is 0 Å². The van der Waals surface area contributed by atoms with Crippen LogP contribution in [0.1, 0.15) is 6.17 Å². The summed E-state index contributed by atoms with van der Waals surface area (Å²) in [4.78, 5) is 19.2. The van der Waals surface area contributed by atoms with Crippen LogP contribution in [0.2, 0.25) is 0 Å². The molecule has 2 aromatic heterocycles. The molecule has 1 aliphatic rings. The number of nitro groups is 1. The van der Waals surface area contributed by atoms with Gasteiger partial charge in [-0.05, 0) is 23.8 Å². The largest absolute Gasteiger partial charge is 0.573 e. The van der Waals surface area contributed by atoms with Gasteiger partial charge in [0.15, 0.2) is 0 Å². The molecular weight excluding hydrogens is 421 g/mol. The summed E-state index contributed by atoms with van der Waals surface area (Å²) in [7, 11) is 0. The normalized spacial score (nSPS) is 18.0. The van der Waals surface area contributed by atoms with E-state index in [4.69, 9.17) is 9.47 Å². The minimum Gasteiger partial charge on any atom is -0.477 e. The molecule has 3 heterocycles. The summed E-state index contributed by atoms with van der Waals surface area (Å²) in [6.45, 7) is 0.0756. The van der Waals surface area contributed by atoms with Crippen LogP contribution < -0.4 is 14.2 Å². The lowest BCUT2D eigenvalue weighted by Crippen LogP contribution is -2.38. The molecule has 0 radical (unpaired) electrons. The maximum Gasteiger partial charge on any atom is 0.573 e. The number of hydrogen-bond acceptors (Lipinski definition) is 7. The SMILES string of the molecule is O=[N+]([O-])C1C(COc2ccc(-c3ccc(OC(F)(F)F)cc3)cn2)COc2nccn21. The van der Waals surface area contributed by atoms with Gasteiger partial charge in [0.1, 0.15) is 24.9 Å². The summed E-state index contributed by atoms with van der Waals surface area (Å²) in [5.74, 6) is -0.626. The van der Waals surface area contributed by atoms with E-state index in [2.05, 4.69) is 14.7 Å². The van der Waals surface area contributed by atoms with Gasteiger partial charge in [-0.3, -0.25) is 10.1 Å². The number of benzene rings is 1. The lowest BCUT2D eigenvalue weighted by molar-refractivity contribution is -0.562. The molecule has 0 saturated heterocycles. The van der Waals surface area contributed by atoms with E-state index < -0.39 is 23.4 Å². The number of imidazole rings is 1. The Morgan fingerprint density at radius 1 is 1.16 bits per heavy atom. The van der Waals surface area contributed by atoms with E-state index in [1.54, 1.807) is 12.1 Å². The quantitative estimate of drug-likeness (QED) is 0.429. The fourth-order valence-corrected chi connectivity index (χ4v) is 3.19. The fraction of sp³-hybridized carbons (Fsp3) is 0.263. The van der Waals surface area contributed by atoms with Crippen LogP contribution in [0.4, 0.5) is 13.2 Å². The Labute approximate surface area is 173 Å². The predicted molar refractivity (Wildman–Crippen MR) is 99.1 cm³/mol. The highest BCUT2D eigenvalue weighted by Crippen LogP contribution is 2.30. The van der Waals surface area contributed by atoms with E-state index in [0.717, 1.165) is 0 Å². The molecular formula is C19H15F3N4O5. The van der Waals surface area contributed by atoms with Crippen molar-refractivity contribution in [3.05, 3.63) is 65.1 Å². The van der Waals surface area contributed by atoms with Gasteiger partial charge in [-0.1, -0.05) is 12.1 Å². The topological polar surface area (TPSA) is 102 Å². The molecule has 0 aliphatic carbocycles. The van der Waals surface area contributed by atoms with Crippen molar-refractivity contribution < 1.29 is 32.3 Å². The summed E-state index contributed by atoms with van der Waals surface area (Å²) >= 11 is 0. The first-order valence-electron chi connectivity index (χ1n) is 9.04. The second-order valence-corrected chi connectivity index (χ2v) is 6.66. The number of aromatic nitrogens is 3. The smallest absolute Gasteiger partial charge is 0.477 e. The molecule has 0 spiro atoms. The van der Waals surface area contributed by atoms with E-state index in [1.165, 1.54) is 47.4 Å². The van der Waals surface area contributed by atoms with E-state index in [-0.39, 0.29) is 30.9 Å². The van der Waals surface area contributed by atoms with Crippen LogP contribution in [0.15, 0.2) is 55.0 Å². The average Bonchev–Trinajstić information content (AvgIpc) is 3.20. The molecule has 31 heavy (non-hydrogen) atoms. The van der Waals surface area contributed by atoms with Crippen molar-refractivity contribution in [2.75, 3.05) is 13.2 Å². The Morgan fingerprint density at radius 2 is 1.90 bits per heavy atom. The summed E-state index contributed by atoms with van der Waals surface area (Å²) in [5.41, 5.74) is 1.29. The Balaban J connectivity index is 1.39. The third-order valence-electron chi connectivity index (χ3n) is 4.59. The van der Waals surface area contributed by atoms with Crippen molar-refractivity contribution in [2.24, 2.45) is 5.92 Å². The first-order chi connectivity index (χ1) is 14.8. The van der Waals surface area contributed by atoms with Crippen molar-refractivity contribution in [1.82, 2.24) is 14.5 Å². The van der Waals surface area contributed by atoms with Crippen LogP contribution in [-0.2, 0) is 0 Å². The summed E-state index contributed by atoms with van der Waals surface area (Å²) in [6.07, 6.45) is -1.42. The maximum absolute atomic E-state index is 12.2. The number of alkyl halides is 3. The number of halogens is 3. The lowest BCUT2D eigenvalue weighted by atomic mass is 10.1. The lowest BCUT2D eigenvalue weighted by Gasteiger charge is -2.26. The van der Waals surface area contributed by atoms with E-state index in [9.17, 15) is 23.3 Å². The number of fused-ring (bicyclic) bond motifs is 1. The molecule has 2 unspecified atom stereocenters. The monoisotopic (exact) mass is 436 g/mol. The maximum atomic E-state index is 12.2. The molecule has 0 fully saturated rings.